The Bertz CT molecular complexity index is 1190. The quantitative estimate of drug-likeness (QED) is 0.0922. The topological polar surface area (TPSA) is 37.3 Å². The van der Waals surface area contributed by atoms with Crippen LogP contribution in [0.4, 0.5) is 0 Å². The van der Waals surface area contributed by atoms with Crippen LogP contribution in [-0.4, -0.2) is 14.0 Å². The molecule has 0 aliphatic carbocycles. The predicted molar refractivity (Wildman–Crippen MR) is 214 cm³/mol. The fourth-order valence-electron chi connectivity index (χ4n) is 5.81. The molecule has 0 rings (SSSR count). The monoisotopic (exact) mass is 667 g/mol. The van der Waals surface area contributed by atoms with E-state index in [0.717, 1.165) is 51.4 Å². The van der Waals surface area contributed by atoms with Crippen LogP contribution in [0.15, 0.2) is 93.2 Å². The molecule has 0 radical (unpaired) electrons. The van der Waals surface area contributed by atoms with Crippen LogP contribution in [0.1, 0.15) is 155 Å². The van der Waals surface area contributed by atoms with Gasteiger partial charge in [-0.05, 0) is 151 Å². The highest BCUT2D eigenvalue weighted by atomic mass is 32.2. The minimum absolute atomic E-state index is 0.363. The van der Waals surface area contributed by atoms with E-state index in [9.17, 15) is 8.76 Å². The number of rotatable bonds is 22. The van der Waals surface area contributed by atoms with Gasteiger partial charge in [0.25, 0.3) is 0 Å². The summed E-state index contributed by atoms with van der Waals surface area (Å²) in [6.45, 7) is 31.2. The van der Waals surface area contributed by atoms with E-state index in [0.29, 0.717) is 30.1 Å². The van der Waals surface area contributed by atoms with E-state index >= 15 is 0 Å². The molecule has 6 atom stereocenters. The van der Waals surface area contributed by atoms with Gasteiger partial charge in [-0.1, -0.05) is 121 Å². The van der Waals surface area contributed by atoms with Gasteiger partial charge >= 0.3 is 0 Å². The summed E-state index contributed by atoms with van der Waals surface area (Å²) >= 11 is -1.88. The summed E-state index contributed by atoms with van der Waals surface area (Å²) in [5, 5.41) is -0.363. The SMILES string of the molecule is CC(C)=CCC/C(C)=C/C(C)C(C)/C(C)=C/CC/C(C)=C/CC(/C=C(\C)CC/C=C(\C)C(C)C(C)/C=C(\C)CCC=C(C)C)S(=O)O. The van der Waals surface area contributed by atoms with E-state index in [2.05, 4.69) is 139 Å². The molecule has 0 aromatic rings. The molecule has 0 bridgehead atoms. The van der Waals surface area contributed by atoms with Gasteiger partial charge in [-0.2, -0.15) is 0 Å². The fraction of sp³-hybridized carbons (Fsp3) is 0.636. The molecule has 3 heteroatoms. The highest BCUT2D eigenvalue weighted by Crippen LogP contribution is 2.26. The largest absolute Gasteiger partial charge is 0.306 e. The van der Waals surface area contributed by atoms with Crippen molar-refractivity contribution in [2.45, 2.75) is 160 Å². The molecule has 1 N–H and O–H groups in total. The third-order valence-electron chi connectivity index (χ3n) is 9.73. The molecule has 6 unspecified atom stereocenters. The minimum Gasteiger partial charge on any atom is -0.306 e. The fourth-order valence-corrected chi connectivity index (χ4v) is 6.42. The summed E-state index contributed by atoms with van der Waals surface area (Å²) in [7, 11) is 0. The summed E-state index contributed by atoms with van der Waals surface area (Å²) in [5.41, 5.74) is 11.1. The molecule has 0 spiro atoms. The molecule has 0 amide bonds. The van der Waals surface area contributed by atoms with Crippen molar-refractivity contribution in [2.75, 3.05) is 0 Å². The van der Waals surface area contributed by atoms with Crippen LogP contribution in [0.2, 0.25) is 0 Å². The van der Waals surface area contributed by atoms with Crippen molar-refractivity contribution >= 4 is 11.1 Å². The van der Waals surface area contributed by atoms with Crippen LogP contribution < -0.4 is 0 Å². The van der Waals surface area contributed by atoms with Gasteiger partial charge < -0.3 is 4.55 Å². The summed E-state index contributed by atoms with van der Waals surface area (Å²) in [5.74, 6) is 2.04. The average Bonchev–Trinajstić information content (AvgIpc) is 2.97. The van der Waals surface area contributed by atoms with Crippen LogP contribution in [0.5, 0.6) is 0 Å². The normalized spacial score (nSPS) is 17.9. The Labute approximate surface area is 295 Å². The Kier molecular flexibility index (Phi) is 24.0. The predicted octanol–water partition coefficient (Wildman–Crippen LogP) is 14.2. The lowest BCUT2D eigenvalue weighted by Crippen LogP contribution is -2.11. The van der Waals surface area contributed by atoms with Crippen molar-refractivity contribution in [1.29, 1.82) is 0 Å². The van der Waals surface area contributed by atoms with Crippen molar-refractivity contribution in [3.63, 3.8) is 0 Å². The Morgan fingerprint density at radius 2 is 0.851 bits per heavy atom. The van der Waals surface area contributed by atoms with Crippen LogP contribution in [0.25, 0.3) is 0 Å². The Hall–Kier alpha value is -1.97. The zero-order valence-corrected chi connectivity index (χ0v) is 33.9. The molecule has 0 fully saturated rings. The zero-order chi connectivity index (χ0) is 36.1. The third kappa shape index (κ3) is 22.3. The van der Waals surface area contributed by atoms with E-state index in [4.69, 9.17) is 0 Å². The van der Waals surface area contributed by atoms with Crippen LogP contribution in [-0.2, 0) is 11.1 Å². The number of hydrogen-bond donors (Lipinski definition) is 1. The van der Waals surface area contributed by atoms with E-state index in [1.54, 1.807) is 0 Å². The van der Waals surface area contributed by atoms with Crippen LogP contribution in [0.3, 0.4) is 0 Å². The van der Waals surface area contributed by atoms with Crippen molar-refractivity contribution in [3.05, 3.63) is 93.2 Å². The molecule has 0 saturated heterocycles. The first-order chi connectivity index (χ1) is 21.9. The van der Waals surface area contributed by atoms with Gasteiger partial charge in [-0.25, -0.2) is 4.21 Å². The van der Waals surface area contributed by atoms with Gasteiger partial charge in [-0.3, -0.25) is 0 Å². The van der Waals surface area contributed by atoms with Crippen molar-refractivity contribution in [2.24, 2.45) is 23.7 Å². The molecule has 0 saturated carbocycles. The highest BCUT2D eigenvalue weighted by molar-refractivity contribution is 7.80. The van der Waals surface area contributed by atoms with Crippen LogP contribution >= 0.6 is 0 Å². The molecule has 268 valence electrons. The van der Waals surface area contributed by atoms with Crippen molar-refractivity contribution in [3.8, 4) is 0 Å². The molecule has 47 heavy (non-hydrogen) atoms. The summed E-state index contributed by atoms with van der Waals surface area (Å²) in [4.78, 5) is 0. The Morgan fingerprint density at radius 3 is 1.21 bits per heavy atom. The lowest BCUT2D eigenvalue weighted by molar-refractivity contribution is 0.523. The lowest BCUT2D eigenvalue weighted by atomic mass is 9.87. The summed E-state index contributed by atoms with van der Waals surface area (Å²) in [6.07, 6.45) is 27.4. The molecular formula is C44H74O2S. The van der Waals surface area contributed by atoms with Crippen LogP contribution in [0, 0.1) is 23.7 Å². The first kappa shape index (κ1) is 45.0. The standard InChI is InChI=1S/C44H74O2S/c1-32(2)19-15-22-35(6)29-40(11)42(13)38(9)25-17-21-34(5)27-28-44(47(45)46)31-37(8)24-18-26-39(10)43(14)41(12)30-36(7)23-16-20-33(3)4/h19-20,25-27,29-31,40-44H,15-18,21-24,28H2,1-14H3,(H,45,46)/b34-27+,35-29+,36-30+,37-31+,38-25+,39-26+. The first-order valence-corrected chi connectivity index (χ1v) is 19.5. The van der Waals surface area contributed by atoms with Gasteiger partial charge in [-0.15, -0.1) is 0 Å². The lowest BCUT2D eigenvalue weighted by Gasteiger charge is -2.19. The first-order valence-electron chi connectivity index (χ1n) is 18.3. The average molecular weight is 667 g/mol. The van der Waals surface area contributed by atoms with Gasteiger partial charge in [0, 0.05) is 0 Å². The number of hydrogen-bond acceptors (Lipinski definition) is 1. The molecule has 0 aromatic heterocycles. The molecule has 2 nitrogen and oxygen atoms in total. The number of allylic oxidation sites excluding steroid dienone is 15. The molecule has 0 aromatic carbocycles. The second-order valence-electron chi connectivity index (χ2n) is 15.0. The van der Waals surface area contributed by atoms with E-state index in [1.807, 2.05) is 6.08 Å². The minimum atomic E-state index is -1.88. The van der Waals surface area contributed by atoms with Crippen molar-refractivity contribution < 1.29 is 8.76 Å². The maximum Gasteiger partial charge on any atom is 0.160 e. The van der Waals surface area contributed by atoms with Gasteiger partial charge in [0.1, 0.15) is 0 Å². The Morgan fingerprint density at radius 1 is 0.511 bits per heavy atom. The maximum atomic E-state index is 12.2. The second-order valence-corrected chi connectivity index (χ2v) is 16.2. The second kappa shape index (κ2) is 25.1. The van der Waals surface area contributed by atoms with Gasteiger partial charge in [0.2, 0.25) is 0 Å². The van der Waals surface area contributed by atoms with Gasteiger partial charge in [0.15, 0.2) is 11.1 Å². The maximum absolute atomic E-state index is 12.2. The molecular weight excluding hydrogens is 593 g/mol. The smallest absolute Gasteiger partial charge is 0.160 e. The van der Waals surface area contributed by atoms with E-state index < -0.39 is 11.1 Å². The van der Waals surface area contributed by atoms with E-state index in [-0.39, 0.29) is 5.25 Å². The molecule has 0 heterocycles. The van der Waals surface area contributed by atoms with Crippen molar-refractivity contribution in [1.82, 2.24) is 0 Å². The van der Waals surface area contributed by atoms with E-state index in [1.165, 1.54) is 44.6 Å². The Balaban J connectivity index is 5.00. The molecule has 0 aliphatic rings. The molecule has 0 aliphatic heterocycles. The van der Waals surface area contributed by atoms with Gasteiger partial charge in [0.05, 0.1) is 5.25 Å². The zero-order valence-electron chi connectivity index (χ0n) is 33.1. The summed E-state index contributed by atoms with van der Waals surface area (Å²) in [6, 6.07) is 0. The third-order valence-corrected chi connectivity index (χ3v) is 10.6. The summed E-state index contributed by atoms with van der Waals surface area (Å²) < 4.78 is 22.2. The highest BCUT2D eigenvalue weighted by Gasteiger charge is 2.14.